The standard InChI is InChI=1S/C14H11BrO3/c15-12(8-13(16)17)14(18)11-6-5-9-3-1-2-4-10(9)7-11/h1-7,12H,8H2,(H,16,17)/t12-/m1/s1. The van der Waals surface area contributed by atoms with Crippen molar-refractivity contribution in [3.8, 4) is 0 Å². The number of fused-ring (bicyclic) bond motifs is 1. The summed E-state index contributed by atoms with van der Waals surface area (Å²) in [6.45, 7) is 0. The van der Waals surface area contributed by atoms with Gasteiger partial charge in [-0.3, -0.25) is 9.59 Å². The van der Waals surface area contributed by atoms with Gasteiger partial charge in [0, 0.05) is 5.56 Å². The number of carboxylic acid groups (broad SMARTS) is 1. The molecule has 0 amide bonds. The van der Waals surface area contributed by atoms with Crippen molar-refractivity contribution in [1.29, 1.82) is 0 Å². The Morgan fingerprint density at radius 3 is 2.44 bits per heavy atom. The van der Waals surface area contributed by atoms with Gasteiger partial charge >= 0.3 is 5.97 Å². The van der Waals surface area contributed by atoms with Crippen molar-refractivity contribution in [2.45, 2.75) is 11.2 Å². The third kappa shape index (κ3) is 2.76. The van der Waals surface area contributed by atoms with Gasteiger partial charge in [-0.1, -0.05) is 52.3 Å². The molecule has 1 N–H and O–H groups in total. The van der Waals surface area contributed by atoms with Crippen molar-refractivity contribution in [3.63, 3.8) is 0 Å². The SMILES string of the molecule is O=C(O)C[C@@H](Br)C(=O)c1ccc2ccccc2c1. The molecule has 4 heteroatoms. The zero-order chi connectivity index (χ0) is 13.1. The molecule has 0 aliphatic carbocycles. The van der Waals surface area contributed by atoms with Gasteiger partial charge in [0.15, 0.2) is 5.78 Å². The fourth-order valence-corrected chi connectivity index (χ4v) is 2.31. The van der Waals surface area contributed by atoms with E-state index in [1.807, 2.05) is 30.3 Å². The molecule has 0 saturated heterocycles. The van der Waals surface area contributed by atoms with Crippen molar-refractivity contribution in [3.05, 3.63) is 48.0 Å². The minimum atomic E-state index is -0.994. The van der Waals surface area contributed by atoms with Gasteiger partial charge in [-0.15, -0.1) is 0 Å². The molecule has 0 saturated carbocycles. The van der Waals surface area contributed by atoms with E-state index in [0.29, 0.717) is 5.56 Å². The van der Waals surface area contributed by atoms with Crippen molar-refractivity contribution in [2.24, 2.45) is 0 Å². The number of hydrogen-bond donors (Lipinski definition) is 1. The zero-order valence-electron chi connectivity index (χ0n) is 9.47. The lowest BCUT2D eigenvalue weighted by atomic mass is 10.0. The van der Waals surface area contributed by atoms with Crippen LogP contribution in [0.3, 0.4) is 0 Å². The van der Waals surface area contributed by atoms with Crippen LogP contribution >= 0.6 is 15.9 Å². The van der Waals surface area contributed by atoms with E-state index in [2.05, 4.69) is 15.9 Å². The first kappa shape index (κ1) is 12.8. The number of rotatable bonds is 4. The second-order valence-electron chi connectivity index (χ2n) is 3.99. The fourth-order valence-electron chi connectivity index (χ4n) is 1.77. The van der Waals surface area contributed by atoms with E-state index in [0.717, 1.165) is 10.8 Å². The van der Waals surface area contributed by atoms with Gasteiger partial charge in [0.25, 0.3) is 0 Å². The van der Waals surface area contributed by atoms with Crippen LogP contribution in [0.15, 0.2) is 42.5 Å². The molecule has 3 nitrogen and oxygen atoms in total. The summed E-state index contributed by atoms with van der Waals surface area (Å²) in [6, 6.07) is 13.1. The molecule has 0 spiro atoms. The lowest BCUT2D eigenvalue weighted by Gasteiger charge is -2.07. The maximum atomic E-state index is 12.0. The molecule has 1 atom stereocenters. The summed E-state index contributed by atoms with van der Waals surface area (Å²) >= 11 is 3.11. The highest BCUT2D eigenvalue weighted by atomic mass is 79.9. The van der Waals surface area contributed by atoms with Gasteiger partial charge in [-0.2, -0.15) is 0 Å². The van der Waals surface area contributed by atoms with E-state index < -0.39 is 10.8 Å². The lowest BCUT2D eigenvalue weighted by molar-refractivity contribution is -0.136. The normalized spacial score (nSPS) is 12.3. The van der Waals surface area contributed by atoms with Crippen LogP contribution < -0.4 is 0 Å². The number of benzene rings is 2. The number of ketones is 1. The first-order valence-corrected chi connectivity index (χ1v) is 6.38. The van der Waals surface area contributed by atoms with Gasteiger partial charge in [0.2, 0.25) is 0 Å². The molecule has 0 radical (unpaired) electrons. The van der Waals surface area contributed by atoms with Crippen molar-refractivity contribution in [2.75, 3.05) is 0 Å². The number of hydrogen-bond acceptors (Lipinski definition) is 2. The average Bonchev–Trinajstić information content (AvgIpc) is 2.36. The highest BCUT2D eigenvalue weighted by molar-refractivity contribution is 9.10. The predicted molar refractivity (Wildman–Crippen MR) is 73.2 cm³/mol. The second-order valence-corrected chi connectivity index (χ2v) is 5.10. The summed E-state index contributed by atoms with van der Waals surface area (Å²) in [5.41, 5.74) is 0.525. The summed E-state index contributed by atoms with van der Waals surface area (Å²) in [6.07, 6.45) is -0.217. The molecular formula is C14H11BrO3. The van der Waals surface area contributed by atoms with Crippen LogP contribution in [-0.4, -0.2) is 21.7 Å². The summed E-state index contributed by atoms with van der Waals surface area (Å²) < 4.78 is 0. The van der Waals surface area contributed by atoms with Crippen LogP contribution in [-0.2, 0) is 4.79 Å². The number of carboxylic acids is 1. The molecule has 0 bridgehead atoms. The van der Waals surface area contributed by atoms with E-state index in [-0.39, 0.29) is 12.2 Å². The second kappa shape index (κ2) is 5.31. The molecule has 2 aromatic rings. The minimum absolute atomic E-state index is 0.205. The molecule has 0 aromatic heterocycles. The smallest absolute Gasteiger partial charge is 0.304 e. The zero-order valence-corrected chi connectivity index (χ0v) is 11.1. The first-order valence-electron chi connectivity index (χ1n) is 5.47. The molecule has 18 heavy (non-hydrogen) atoms. The Labute approximate surface area is 113 Å². The molecule has 0 aliphatic heterocycles. The Morgan fingerprint density at radius 2 is 1.78 bits per heavy atom. The summed E-state index contributed by atoms with van der Waals surface area (Å²) in [4.78, 5) is 21.9. The maximum Gasteiger partial charge on any atom is 0.304 e. The molecule has 0 fully saturated rings. The van der Waals surface area contributed by atoms with Gasteiger partial charge < -0.3 is 5.11 Å². The Morgan fingerprint density at radius 1 is 1.11 bits per heavy atom. The first-order chi connectivity index (χ1) is 8.58. The maximum absolute atomic E-state index is 12.0. The average molecular weight is 307 g/mol. The van der Waals surface area contributed by atoms with Gasteiger partial charge in [0.1, 0.15) is 0 Å². The van der Waals surface area contributed by atoms with Crippen molar-refractivity contribution >= 4 is 38.5 Å². The van der Waals surface area contributed by atoms with Gasteiger partial charge in [-0.25, -0.2) is 0 Å². The van der Waals surface area contributed by atoms with Crippen molar-refractivity contribution in [1.82, 2.24) is 0 Å². The highest BCUT2D eigenvalue weighted by Crippen LogP contribution is 2.19. The van der Waals surface area contributed by atoms with E-state index in [1.54, 1.807) is 12.1 Å². The summed E-state index contributed by atoms with van der Waals surface area (Å²) in [7, 11) is 0. The van der Waals surface area contributed by atoms with Gasteiger partial charge in [0.05, 0.1) is 11.2 Å². The fraction of sp³-hybridized carbons (Fsp3) is 0.143. The topological polar surface area (TPSA) is 54.4 Å². The highest BCUT2D eigenvalue weighted by Gasteiger charge is 2.19. The molecule has 0 unspecified atom stereocenters. The minimum Gasteiger partial charge on any atom is -0.481 e. The number of halogens is 1. The van der Waals surface area contributed by atoms with Crippen LogP contribution in [0.4, 0.5) is 0 Å². The monoisotopic (exact) mass is 306 g/mol. The Balaban J connectivity index is 2.30. The number of alkyl halides is 1. The lowest BCUT2D eigenvalue weighted by Crippen LogP contribution is -2.18. The van der Waals surface area contributed by atoms with E-state index >= 15 is 0 Å². The Kier molecular flexibility index (Phi) is 3.77. The van der Waals surface area contributed by atoms with Crippen LogP contribution in [0.25, 0.3) is 10.8 Å². The quantitative estimate of drug-likeness (QED) is 0.697. The number of aliphatic carboxylic acids is 1. The molecule has 2 aromatic carbocycles. The van der Waals surface area contributed by atoms with Crippen LogP contribution in [0, 0.1) is 0 Å². The Hall–Kier alpha value is -1.68. The van der Waals surface area contributed by atoms with Crippen LogP contribution in [0.1, 0.15) is 16.8 Å². The number of carbonyl (C=O) groups is 2. The van der Waals surface area contributed by atoms with Crippen LogP contribution in [0.5, 0.6) is 0 Å². The summed E-state index contributed by atoms with van der Waals surface area (Å²) in [5, 5.41) is 10.7. The molecule has 2 rings (SSSR count). The third-order valence-electron chi connectivity index (χ3n) is 2.67. The third-order valence-corrected chi connectivity index (χ3v) is 3.41. The van der Waals surface area contributed by atoms with E-state index in [1.165, 1.54) is 0 Å². The molecule has 92 valence electrons. The van der Waals surface area contributed by atoms with E-state index in [4.69, 9.17) is 5.11 Å². The van der Waals surface area contributed by atoms with Crippen molar-refractivity contribution < 1.29 is 14.7 Å². The largest absolute Gasteiger partial charge is 0.481 e. The summed E-state index contributed by atoms with van der Waals surface area (Å²) in [5.74, 6) is -1.20. The molecule has 0 aliphatic rings. The Bertz CT molecular complexity index is 607. The van der Waals surface area contributed by atoms with E-state index in [9.17, 15) is 9.59 Å². The number of carbonyl (C=O) groups excluding carboxylic acids is 1. The number of Topliss-reactive ketones (excluding diaryl/α,β-unsaturated/α-hetero) is 1. The molecular weight excluding hydrogens is 296 g/mol. The van der Waals surface area contributed by atoms with Gasteiger partial charge in [-0.05, 0) is 16.8 Å². The molecule has 0 heterocycles. The predicted octanol–water partition coefficient (Wildman–Crippen LogP) is 3.26. The van der Waals surface area contributed by atoms with Crippen LogP contribution in [0.2, 0.25) is 0 Å².